The third kappa shape index (κ3) is 4.89. The van der Waals surface area contributed by atoms with E-state index in [4.69, 9.17) is 0 Å². The highest BCUT2D eigenvalue weighted by Crippen LogP contribution is 2.16. The van der Waals surface area contributed by atoms with Crippen molar-refractivity contribution in [3.8, 4) is 5.69 Å². The Bertz CT molecular complexity index is 697. The molecule has 1 unspecified atom stereocenters. The van der Waals surface area contributed by atoms with Gasteiger partial charge in [0.05, 0.1) is 11.7 Å². The van der Waals surface area contributed by atoms with Gasteiger partial charge >= 0.3 is 0 Å². The molecule has 2 amide bonds. The van der Waals surface area contributed by atoms with E-state index >= 15 is 0 Å². The second-order valence-corrected chi connectivity index (χ2v) is 6.23. The summed E-state index contributed by atoms with van der Waals surface area (Å²) in [5.74, 6) is -0.312. The van der Waals surface area contributed by atoms with Gasteiger partial charge in [-0.15, -0.1) is 0 Å². The average molecular weight is 343 g/mol. The Balaban J connectivity index is 2.05. The van der Waals surface area contributed by atoms with E-state index in [-0.39, 0.29) is 23.8 Å². The van der Waals surface area contributed by atoms with Crippen LogP contribution in [0.25, 0.3) is 5.69 Å². The van der Waals surface area contributed by atoms with Gasteiger partial charge in [0.2, 0.25) is 11.8 Å². The van der Waals surface area contributed by atoms with E-state index in [1.165, 1.54) is 13.3 Å². The van der Waals surface area contributed by atoms with Gasteiger partial charge in [0.25, 0.3) is 0 Å². The molecule has 1 aromatic carbocycles. The third-order valence-electron chi connectivity index (χ3n) is 4.29. The summed E-state index contributed by atoms with van der Waals surface area (Å²) >= 11 is 0. The topological polar surface area (TPSA) is 88.9 Å². The van der Waals surface area contributed by atoms with Crippen LogP contribution in [0.3, 0.4) is 0 Å². The average Bonchev–Trinajstić information content (AvgIpc) is 3.13. The fourth-order valence-corrected chi connectivity index (χ4v) is 2.56. The molecule has 1 aromatic heterocycles. The van der Waals surface area contributed by atoms with Gasteiger partial charge in [-0.2, -0.15) is 5.10 Å². The van der Waals surface area contributed by atoms with Crippen molar-refractivity contribution >= 4 is 11.8 Å². The molecule has 134 valence electrons. The fraction of sp³-hybridized carbons (Fsp3) is 0.444. The third-order valence-corrected chi connectivity index (χ3v) is 4.29. The Kier molecular flexibility index (Phi) is 6.27. The second kappa shape index (κ2) is 8.41. The summed E-state index contributed by atoms with van der Waals surface area (Å²) < 4.78 is 1.67. The van der Waals surface area contributed by atoms with Crippen LogP contribution in [-0.2, 0) is 9.59 Å². The SMILES string of the molecule is CC[C@H](C)[C@H](NC(C)=O)C(=O)NC(C)c1ccc(-n2cncn2)cc1. The van der Waals surface area contributed by atoms with E-state index in [0.717, 1.165) is 17.7 Å². The summed E-state index contributed by atoms with van der Waals surface area (Å²) in [5.41, 5.74) is 1.87. The summed E-state index contributed by atoms with van der Waals surface area (Å²) in [7, 11) is 0. The zero-order chi connectivity index (χ0) is 18.4. The van der Waals surface area contributed by atoms with Crippen LogP contribution in [0.2, 0.25) is 0 Å². The molecule has 0 spiro atoms. The Morgan fingerprint density at radius 1 is 1.16 bits per heavy atom. The molecule has 0 aliphatic rings. The highest BCUT2D eigenvalue weighted by atomic mass is 16.2. The number of rotatable bonds is 7. The number of amides is 2. The molecule has 7 nitrogen and oxygen atoms in total. The molecule has 0 aliphatic carbocycles. The molecule has 2 aromatic rings. The summed E-state index contributed by atoms with van der Waals surface area (Å²) in [5, 5.41) is 9.81. The number of nitrogens with zero attached hydrogens (tertiary/aromatic N) is 3. The van der Waals surface area contributed by atoms with Crippen LogP contribution in [0, 0.1) is 5.92 Å². The number of benzene rings is 1. The lowest BCUT2D eigenvalue weighted by molar-refractivity contribution is -0.129. The molecule has 3 atom stereocenters. The minimum absolute atomic E-state index is 0.0609. The van der Waals surface area contributed by atoms with Crippen molar-refractivity contribution in [2.45, 2.75) is 46.2 Å². The first-order valence-electron chi connectivity index (χ1n) is 8.44. The second-order valence-electron chi connectivity index (χ2n) is 6.23. The van der Waals surface area contributed by atoms with Crippen molar-refractivity contribution in [3.05, 3.63) is 42.5 Å². The number of carbonyl (C=O) groups is 2. The number of hydrogen-bond acceptors (Lipinski definition) is 4. The summed E-state index contributed by atoms with van der Waals surface area (Å²) in [4.78, 5) is 27.9. The van der Waals surface area contributed by atoms with Crippen molar-refractivity contribution in [1.29, 1.82) is 0 Å². The van der Waals surface area contributed by atoms with Gasteiger partial charge in [-0.25, -0.2) is 9.67 Å². The van der Waals surface area contributed by atoms with Crippen LogP contribution in [-0.4, -0.2) is 32.6 Å². The maximum Gasteiger partial charge on any atom is 0.243 e. The summed E-state index contributed by atoms with van der Waals surface area (Å²) in [6.45, 7) is 7.30. The largest absolute Gasteiger partial charge is 0.348 e. The predicted molar refractivity (Wildman–Crippen MR) is 95.0 cm³/mol. The lowest BCUT2D eigenvalue weighted by Crippen LogP contribution is -2.50. The van der Waals surface area contributed by atoms with Crippen molar-refractivity contribution in [3.63, 3.8) is 0 Å². The fourth-order valence-electron chi connectivity index (χ4n) is 2.56. The van der Waals surface area contributed by atoms with E-state index in [0.29, 0.717) is 0 Å². The van der Waals surface area contributed by atoms with Gasteiger partial charge in [0.15, 0.2) is 0 Å². The first kappa shape index (κ1) is 18.6. The number of nitrogens with one attached hydrogen (secondary N) is 2. The Morgan fingerprint density at radius 3 is 2.36 bits per heavy atom. The molecule has 0 radical (unpaired) electrons. The van der Waals surface area contributed by atoms with E-state index in [9.17, 15) is 9.59 Å². The van der Waals surface area contributed by atoms with Gasteiger partial charge in [-0.3, -0.25) is 9.59 Å². The summed E-state index contributed by atoms with van der Waals surface area (Å²) in [6.07, 6.45) is 3.91. The quantitative estimate of drug-likeness (QED) is 0.805. The zero-order valence-electron chi connectivity index (χ0n) is 15.1. The summed E-state index contributed by atoms with van der Waals surface area (Å²) in [6, 6.07) is 7.04. The lowest BCUT2D eigenvalue weighted by atomic mass is 9.97. The van der Waals surface area contributed by atoms with Gasteiger partial charge < -0.3 is 10.6 Å². The monoisotopic (exact) mass is 343 g/mol. The van der Waals surface area contributed by atoms with Crippen LogP contribution >= 0.6 is 0 Å². The van der Waals surface area contributed by atoms with E-state index < -0.39 is 6.04 Å². The smallest absolute Gasteiger partial charge is 0.243 e. The molecule has 0 fully saturated rings. The Labute approximate surface area is 147 Å². The van der Waals surface area contributed by atoms with Gasteiger partial charge in [0, 0.05) is 6.92 Å². The maximum absolute atomic E-state index is 12.6. The number of carbonyl (C=O) groups excluding carboxylic acids is 2. The van der Waals surface area contributed by atoms with Gasteiger partial charge in [-0.05, 0) is 30.5 Å². The predicted octanol–water partition coefficient (Wildman–Crippen LogP) is 2.00. The maximum atomic E-state index is 12.6. The van der Waals surface area contributed by atoms with Crippen molar-refractivity contribution in [2.24, 2.45) is 5.92 Å². The molecule has 2 rings (SSSR count). The normalized spacial score (nSPS) is 14.4. The molecule has 7 heteroatoms. The van der Waals surface area contributed by atoms with Crippen molar-refractivity contribution < 1.29 is 9.59 Å². The molecule has 0 bridgehead atoms. The van der Waals surface area contributed by atoms with Crippen LogP contribution in [0.1, 0.15) is 45.7 Å². The molecule has 1 heterocycles. The molecule has 0 saturated heterocycles. The molecular formula is C18H25N5O2. The number of hydrogen-bond donors (Lipinski definition) is 2. The molecule has 2 N–H and O–H groups in total. The first-order valence-corrected chi connectivity index (χ1v) is 8.44. The van der Waals surface area contributed by atoms with Crippen LogP contribution < -0.4 is 10.6 Å². The highest BCUT2D eigenvalue weighted by Gasteiger charge is 2.26. The minimum atomic E-state index is -0.528. The first-order chi connectivity index (χ1) is 11.9. The standard InChI is InChI=1S/C18H25N5O2/c1-5-12(2)17(22-14(4)24)18(25)21-13(3)15-6-8-16(9-7-15)23-11-19-10-20-23/h6-13,17H,5H2,1-4H3,(H,21,25)(H,22,24)/t12-,13?,17-/m0/s1. The van der Waals surface area contributed by atoms with Crippen LogP contribution in [0.5, 0.6) is 0 Å². The van der Waals surface area contributed by atoms with E-state index in [2.05, 4.69) is 20.7 Å². The van der Waals surface area contributed by atoms with E-state index in [1.807, 2.05) is 45.0 Å². The molecule has 0 aliphatic heterocycles. The molecular weight excluding hydrogens is 318 g/mol. The Morgan fingerprint density at radius 2 is 1.84 bits per heavy atom. The minimum Gasteiger partial charge on any atom is -0.348 e. The Hall–Kier alpha value is -2.70. The van der Waals surface area contributed by atoms with Crippen LogP contribution in [0.4, 0.5) is 0 Å². The molecule has 0 saturated carbocycles. The highest BCUT2D eigenvalue weighted by molar-refractivity contribution is 5.87. The van der Waals surface area contributed by atoms with Gasteiger partial charge in [-0.1, -0.05) is 32.4 Å². The van der Waals surface area contributed by atoms with Crippen molar-refractivity contribution in [2.75, 3.05) is 0 Å². The zero-order valence-corrected chi connectivity index (χ0v) is 15.1. The number of aromatic nitrogens is 3. The van der Waals surface area contributed by atoms with Crippen molar-refractivity contribution in [1.82, 2.24) is 25.4 Å². The van der Waals surface area contributed by atoms with Crippen LogP contribution in [0.15, 0.2) is 36.9 Å². The lowest BCUT2D eigenvalue weighted by Gasteiger charge is -2.25. The van der Waals surface area contributed by atoms with Gasteiger partial charge in [0.1, 0.15) is 18.7 Å². The molecule has 25 heavy (non-hydrogen) atoms. The van der Waals surface area contributed by atoms with E-state index in [1.54, 1.807) is 11.0 Å².